The third-order valence-electron chi connectivity index (χ3n) is 3.14. The summed E-state index contributed by atoms with van der Waals surface area (Å²) in [5.74, 6) is 0.675. The van der Waals surface area contributed by atoms with Gasteiger partial charge in [0.05, 0.1) is 4.90 Å². The van der Waals surface area contributed by atoms with Gasteiger partial charge in [-0.05, 0) is 49.4 Å². The van der Waals surface area contributed by atoms with Gasteiger partial charge in [-0.3, -0.25) is 0 Å². The molecule has 1 aliphatic rings. The lowest BCUT2D eigenvalue weighted by Gasteiger charge is -2.19. The van der Waals surface area contributed by atoms with E-state index in [2.05, 4.69) is 39.2 Å². The number of nitrogens with one attached hydrogen (secondary N) is 2. The van der Waals surface area contributed by atoms with Gasteiger partial charge >= 0.3 is 0 Å². The van der Waals surface area contributed by atoms with Gasteiger partial charge in [-0.25, -0.2) is 8.42 Å². The first-order valence-electron chi connectivity index (χ1n) is 6.20. The van der Waals surface area contributed by atoms with E-state index in [0.717, 1.165) is 29.4 Å². The predicted octanol–water partition coefficient (Wildman–Crippen LogP) is 2.94. The molecule has 4 nitrogen and oxygen atoms in total. The highest BCUT2D eigenvalue weighted by molar-refractivity contribution is 9.10. The highest BCUT2D eigenvalue weighted by atomic mass is 79.9. The predicted molar refractivity (Wildman–Crippen MR) is 78.7 cm³/mol. The number of hydrazine groups is 1. The van der Waals surface area contributed by atoms with Crippen LogP contribution in [0.25, 0.3) is 0 Å². The summed E-state index contributed by atoms with van der Waals surface area (Å²) in [5, 5.41) is 0. The Morgan fingerprint density at radius 2 is 1.95 bits per heavy atom. The van der Waals surface area contributed by atoms with Gasteiger partial charge in [-0.1, -0.05) is 28.9 Å². The summed E-state index contributed by atoms with van der Waals surface area (Å²) in [6.45, 7) is 2.19. The molecule has 2 rings (SSSR count). The molecule has 0 aromatic heterocycles. The van der Waals surface area contributed by atoms with E-state index in [-0.39, 0.29) is 4.90 Å². The molecule has 0 saturated heterocycles. The number of hydrogen-bond acceptors (Lipinski definition) is 3. The third kappa shape index (κ3) is 4.06. The third-order valence-corrected chi connectivity index (χ3v) is 4.94. The molecule has 1 atom stereocenters. The summed E-state index contributed by atoms with van der Waals surface area (Å²) in [6, 6.07) is 6.53. The van der Waals surface area contributed by atoms with E-state index in [1.807, 2.05) is 0 Å². The zero-order valence-corrected chi connectivity index (χ0v) is 13.1. The fourth-order valence-corrected chi connectivity index (χ4v) is 3.03. The van der Waals surface area contributed by atoms with Gasteiger partial charge in [0.25, 0.3) is 10.0 Å². The van der Waals surface area contributed by atoms with Gasteiger partial charge in [0.1, 0.15) is 0 Å². The van der Waals surface area contributed by atoms with Crippen LogP contribution in [0.2, 0.25) is 0 Å². The maximum Gasteiger partial charge on any atom is 0.257 e. The van der Waals surface area contributed by atoms with E-state index in [9.17, 15) is 8.42 Å². The van der Waals surface area contributed by atoms with Gasteiger partial charge in [0, 0.05) is 10.2 Å². The minimum atomic E-state index is -3.51. The largest absolute Gasteiger partial charge is 0.312 e. The molecule has 0 fully saturated rings. The highest BCUT2D eigenvalue weighted by Crippen LogP contribution is 2.21. The fraction of sp³-hybridized carbons (Fsp3) is 0.385. The van der Waals surface area contributed by atoms with Crippen molar-refractivity contribution in [1.82, 2.24) is 10.3 Å². The van der Waals surface area contributed by atoms with Crippen LogP contribution in [-0.4, -0.2) is 8.42 Å². The van der Waals surface area contributed by atoms with Crippen LogP contribution in [-0.2, 0) is 10.0 Å². The smallest absolute Gasteiger partial charge is 0.257 e. The number of rotatable bonds is 4. The zero-order chi connectivity index (χ0) is 13.9. The minimum absolute atomic E-state index is 0.243. The van der Waals surface area contributed by atoms with Crippen molar-refractivity contribution in [3.63, 3.8) is 0 Å². The van der Waals surface area contributed by atoms with Gasteiger partial charge in [-0.15, -0.1) is 4.83 Å². The topological polar surface area (TPSA) is 58.2 Å². The summed E-state index contributed by atoms with van der Waals surface area (Å²) < 4.78 is 24.9. The fourth-order valence-electron chi connectivity index (χ4n) is 1.88. The van der Waals surface area contributed by atoms with E-state index in [1.165, 1.54) is 0 Å². The van der Waals surface area contributed by atoms with E-state index < -0.39 is 10.0 Å². The van der Waals surface area contributed by atoms with Crippen LogP contribution >= 0.6 is 15.9 Å². The Balaban J connectivity index is 2.00. The number of allylic oxidation sites excluding steroid dienone is 2. The van der Waals surface area contributed by atoms with Gasteiger partial charge < -0.3 is 5.43 Å². The lowest BCUT2D eigenvalue weighted by Crippen LogP contribution is -2.37. The average Bonchev–Trinajstić information content (AvgIpc) is 2.39. The molecule has 0 spiro atoms. The van der Waals surface area contributed by atoms with Gasteiger partial charge in [0.2, 0.25) is 0 Å². The summed E-state index contributed by atoms with van der Waals surface area (Å²) in [7, 11) is -3.51. The lowest BCUT2D eigenvalue weighted by molar-refractivity contribution is 0.489. The number of benzene rings is 1. The van der Waals surface area contributed by atoms with Crippen molar-refractivity contribution in [3.8, 4) is 0 Å². The van der Waals surface area contributed by atoms with Crippen molar-refractivity contribution in [2.45, 2.75) is 31.1 Å². The summed E-state index contributed by atoms with van der Waals surface area (Å²) in [4.78, 5) is 2.66. The van der Waals surface area contributed by atoms with Crippen LogP contribution < -0.4 is 10.3 Å². The van der Waals surface area contributed by atoms with Crippen LogP contribution in [0.5, 0.6) is 0 Å². The highest BCUT2D eigenvalue weighted by Gasteiger charge is 2.15. The second kappa shape index (κ2) is 6.07. The molecule has 0 aliphatic heterocycles. The number of sulfonamides is 1. The molecule has 1 unspecified atom stereocenters. The standard InChI is InChI=1S/C13H17BrN2O2S/c1-10-2-6-12(7-3-10)15-16-19(17,18)13-8-4-11(14)5-9-13/h4-6,8-10,15-16H,2-3,7H2,1H3. The Labute approximate surface area is 122 Å². The van der Waals surface area contributed by atoms with Crippen molar-refractivity contribution in [2.24, 2.45) is 5.92 Å². The Bertz CT molecular complexity index is 567. The van der Waals surface area contributed by atoms with Crippen molar-refractivity contribution < 1.29 is 8.42 Å². The molecule has 0 heterocycles. The first-order valence-corrected chi connectivity index (χ1v) is 8.47. The number of halogens is 1. The second-order valence-electron chi connectivity index (χ2n) is 4.79. The van der Waals surface area contributed by atoms with Crippen LogP contribution in [0.4, 0.5) is 0 Å². The molecule has 1 aromatic carbocycles. The van der Waals surface area contributed by atoms with Crippen molar-refractivity contribution >= 4 is 26.0 Å². The first-order chi connectivity index (χ1) is 8.97. The van der Waals surface area contributed by atoms with E-state index >= 15 is 0 Å². The molecule has 0 bridgehead atoms. The molecular weight excluding hydrogens is 328 g/mol. The summed E-state index contributed by atoms with van der Waals surface area (Å²) in [6.07, 6.45) is 5.00. The molecular formula is C13H17BrN2O2S. The van der Waals surface area contributed by atoms with Gasteiger partial charge in [-0.2, -0.15) is 0 Å². The molecule has 19 heavy (non-hydrogen) atoms. The molecule has 1 aliphatic carbocycles. The lowest BCUT2D eigenvalue weighted by atomic mass is 9.95. The maximum absolute atomic E-state index is 12.0. The van der Waals surface area contributed by atoms with E-state index in [1.54, 1.807) is 24.3 Å². The van der Waals surface area contributed by atoms with Gasteiger partial charge in [0.15, 0.2) is 0 Å². The summed E-state index contributed by atoms with van der Waals surface area (Å²) >= 11 is 3.28. The second-order valence-corrected chi connectivity index (χ2v) is 7.39. The zero-order valence-electron chi connectivity index (χ0n) is 10.7. The van der Waals surface area contributed by atoms with Crippen LogP contribution in [0.15, 0.2) is 45.4 Å². The quantitative estimate of drug-likeness (QED) is 0.825. The monoisotopic (exact) mass is 344 g/mol. The Morgan fingerprint density at radius 3 is 2.53 bits per heavy atom. The Morgan fingerprint density at radius 1 is 1.26 bits per heavy atom. The minimum Gasteiger partial charge on any atom is -0.312 e. The molecule has 2 N–H and O–H groups in total. The van der Waals surface area contributed by atoms with Crippen molar-refractivity contribution in [1.29, 1.82) is 0 Å². The Kier molecular flexibility index (Phi) is 4.65. The normalized spacial score (nSPS) is 19.9. The molecule has 0 radical (unpaired) electrons. The first kappa shape index (κ1) is 14.6. The van der Waals surface area contributed by atoms with Crippen LogP contribution in [0, 0.1) is 5.92 Å². The Hall–Kier alpha value is -0.850. The molecule has 0 amide bonds. The number of hydrogen-bond donors (Lipinski definition) is 2. The van der Waals surface area contributed by atoms with Crippen molar-refractivity contribution in [2.75, 3.05) is 0 Å². The summed E-state index contributed by atoms with van der Waals surface area (Å²) in [5.41, 5.74) is 3.75. The molecule has 6 heteroatoms. The molecule has 1 aromatic rings. The van der Waals surface area contributed by atoms with Crippen LogP contribution in [0.1, 0.15) is 26.2 Å². The molecule has 0 saturated carbocycles. The van der Waals surface area contributed by atoms with Crippen LogP contribution in [0.3, 0.4) is 0 Å². The van der Waals surface area contributed by atoms with E-state index in [0.29, 0.717) is 5.92 Å². The van der Waals surface area contributed by atoms with E-state index in [4.69, 9.17) is 0 Å². The maximum atomic E-state index is 12.0. The SMILES string of the molecule is CC1CC=C(NNS(=O)(=O)c2ccc(Br)cc2)CC1. The van der Waals surface area contributed by atoms with Crippen molar-refractivity contribution in [3.05, 3.63) is 40.5 Å². The molecule has 104 valence electrons. The average molecular weight is 345 g/mol.